The van der Waals surface area contributed by atoms with Crippen LogP contribution in [0, 0.1) is 11.8 Å². The molecule has 2 heterocycles. The van der Waals surface area contributed by atoms with Gasteiger partial charge in [-0.1, -0.05) is 78.9 Å². The highest BCUT2D eigenvalue weighted by Crippen LogP contribution is 2.40. The van der Waals surface area contributed by atoms with Crippen molar-refractivity contribution in [2.75, 3.05) is 76.8 Å². The third kappa shape index (κ3) is 10.9. The number of nitrogens with one attached hydrogen (secondary N) is 3. The number of anilines is 2. The number of amides is 3. The zero-order chi connectivity index (χ0) is 40.3. The maximum Gasteiger partial charge on any atom is 0.411 e. The van der Waals surface area contributed by atoms with Crippen LogP contribution in [0.25, 0.3) is 11.1 Å². The largest absolute Gasteiger partial charge is 0.506 e. The van der Waals surface area contributed by atoms with Crippen LogP contribution in [0.4, 0.5) is 16.2 Å². The Morgan fingerprint density at radius 2 is 1.66 bits per heavy atom. The lowest BCUT2D eigenvalue weighted by atomic mass is 10.0. The fraction of sp³-hybridized carbons (Fsp3) is 0.413. The highest BCUT2D eigenvalue weighted by atomic mass is 16.6. The van der Waals surface area contributed by atoms with Gasteiger partial charge >= 0.3 is 6.09 Å². The first-order valence-electron chi connectivity index (χ1n) is 20.5. The molecular formula is C46H55N5O7. The van der Waals surface area contributed by atoms with Crippen molar-refractivity contribution < 1.29 is 33.7 Å². The minimum absolute atomic E-state index is 0.0144. The molecule has 58 heavy (non-hydrogen) atoms. The maximum absolute atomic E-state index is 12.9. The number of rotatable bonds is 18. The number of hydrogen-bond acceptors (Lipinski definition) is 9. The number of phenolic OH excluding ortho intramolecular Hbond substituents is 1. The van der Waals surface area contributed by atoms with Crippen molar-refractivity contribution in [2.45, 2.75) is 44.6 Å². The first-order valence-corrected chi connectivity index (χ1v) is 20.5. The molecule has 2 aliphatic heterocycles. The van der Waals surface area contributed by atoms with Crippen LogP contribution in [0.3, 0.4) is 0 Å². The van der Waals surface area contributed by atoms with Crippen LogP contribution in [-0.4, -0.2) is 105 Å². The lowest BCUT2D eigenvalue weighted by molar-refractivity contribution is -0.131. The standard InChI is InChI=1S/C46H55N5O7/c1-50(23-21-47-20-16-35-14-15-41(52)44-45(35)57-31-42(53)49-44)43(54)19-25-56-24-18-33-9-7-8-32(26-33)17-22-51-29-36-27-38(28-37(36)30-51)58-46(55)48-40-13-6-5-12-39(40)34-10-3-2-4-11-34/h2-15,26,36-38,47,52H,16-25,27-31H2,1H3,(H,48,55)(H,49,53). The van der Waals surface area contributed by atoms with E-state index >= 15 is 0 Å². The van der Waals surface area contributed by atoms with Crippen LogP contribution in [0.1, 0.15) is 36.0 Å². The van der Waals surface area contributed by atoms with Gasteiger partial charge in [0, 0.05) is 45.3 Å². The summed E-state index contributed by atoms with van der Waals surface area (Å²) in [4.78, 5) is 41.5. The average Bonchev–Trinajstić information content (AvgIpc) is 3.79. The SMILES string of the molecule is CN(CCNCCc1ccc(O)c2c1OCC(=O)N2)C(=O)CCOCCc1cccc(CCN2CC3CC(OC(=O)Nc4ccccc4-c4ccccc4)CC3C2)c1. The molecule has 12 heteroatoms. The van der Waals surface area contributed by atoms with E-state index in [0.717, 1.165) is 67.7 Å². The number of likely N-dealkylation sites (tertiary alicyclic amines) is 1. The van der Waals surface area contributed by atoms with E-state index in [1.54, 1.807) is 24.1 Å². The predicted molar refractivity (Wildman–Crippen MR) is 224 cm³/mol. The summed E-state index contributed by atoms with van der Waals surface area (Å²) in [7, 11) is 1.80. The van der Waals surface area contributed by atoms with Crippen molar-refractivity contribution in [1.82, 2.24) is 15.1 Å². The molecule has 4 aromatic carbocycles. The molecule has 3 aliphatic rings. The van der Waals surface area contributed by atoms with Gasteiger partial charge in [0.1, 0.15) is 17.5 Å². The van der Waals surface area contributed by atoms with Crippen molar-refractivity contribution in [1.29, 1.82) is 0 Å². The van der Waals surface area contributed by atoms with Gasteiger partial charge in [0.05, 0.1) is 25.3 Å². The van der Waals surface area contributed by atoms with Gasteiger partial charge < -0.3 is 39.8 Å². The highest BCUT2D eigenvalue weighted by molar-refractivity contribution is 5.97. The van der Waals surface area contributed by atoms with Crippen LogP contribution in [0.2, 0.25) is 0 Å². The summed E-state index contributed by atoms with van der Waals surface area (Å²) in [6.07, 6.45) is 4.16. The second kappa shape index (κ2) is 19.8. The molecule has 3 amide bonds. The first-order chi connectivity index (χ1) is 28.3. The number of carbonyl (C=O) groups is 3. The number of likely N-dealkylation sites (N-methyl/N-ethyl adjacent to an activating group) is 1. The molecule has 0 aromatic heterocycles. The molecule has 1 aliphatic carbocycles. The minimum atomic E-state index is -0.383. The molecule has 2 unspecified atom stereocenters. The number of para-hydroxylation sites is 1. The molecule has 0 radical (unpaired) electrons. The number of phenols is 1. The Kier molecular flexibility index (Phi) is 13.9. The molecule has 306 valence electrons. The molecule has 4 N–H and O–H groups in total. The first kappa shape index (κ1) is 40.8. The highest BCUT2D eigenvalue weighted by Gasteiger charge is 2.42. The molecule has 2 fully saturated rings. The van der Waals surface area contributed by atoms with E-state index in [4.69, 9.17) is 14.2 Å². The van der Waals surface area contributed by atoms with E-state index in [1.807, 2.05) is 54.6 Å². The zero-order valence-electron chi connectivity index (χ0n) is 33.3. The van der Waals surface area contributed by atoms with Crippen molar-refractivity contribution in [3.05, 3.63) is 108 Å². The van der Waals surface area contributed by atoms with Gasteiger partial charge in [0.2, 0.25) is 5.91 Å². The van der Waals surface area contributed by atoms with E-state index in [2.05, 4.69) is 45.1 Å². The third-order valence-electron chi connectivity index (χ3n) is 11.5. The predicted octanol–water partition coefficient (Wildman–Crippen LogP) is 6.13. The van der Waals surface area contributed by atoms with Gasteiger partial charge in [-0.05, 0) is 84.9 Å². The molecule has 0 bridgehead atoms. The minimum Gasteiger partial charge on any atom is -0.506 e. The number of ether oxygens (including phenoxy) is 3. The molecule has 1 saturated carbocycles. The Morgan fingerprint density at radius 1 is 0.897 bits per heavy atom. The van der Waals surface area contributed by atoms with Crippen molar-refractivity contribution in [2.24, 2.45) is 11.8 Å². The van der Waals surface area contributed by atoms with Crippen LogP contribution in [0.15, 0.2) is 91.0 Å². The Bertz CT molecular complexity index is 2010. The Hall–Kier alpha value is -5.43. The molecule has 7 rings (SSSR count). The monoisotopic (exact) mass is 789 g/mol. The third-order valence-corrected chi connectivity index (χ3v) is 11.5. The summed E-state index contributed by atoms with van der Waals surface area (Å²) in [6, 6.07) is 29.9. The number of fused-ring (bicyclic) bond motifs is 2. The number of aromatic hydroxyl groups is 1. The van der Waals surface area contributed by atoms with Gasteiger partial charge in [-0.2, -0.15) is 0 Å². The molecule has 0 spiro atoms. The van der Waals surface area contributed by atoms with E-state index in [-0.39, 0.29) is 36.4 Å². The van der Waals surface area contributed by atoms with E-state index in [0.29, 0.717) is 69.0 Å². The topological polar surface area (TPSA) is 142 Å². The zero-order valence-corrected chi connectivity index (χ0v) is 33.3. The molecule has 4 aromatic rings. The van der Waals surface area contributed by atoms with Crippen LogP contribution < -0.4 is 20.7 Å². The summed E-state index contributed by atoms with van der Waals surface area (Å²) in [6.45, 7) is 5.84. The lowest BCUT2D eigenvalue weighted by Crippen LogP contribution is -2.35. The quantitative estimate of drug-likeness (QED) is 0.0692. The van der Waals surface area contributed by atoms with E-state index in [1.165, 1.54) is 11.1 Å². The van der Waals surface area contributed by atoms with Crippen LogP contribution in [0.5, 0.6) is 11.5 Å². The molecular weight excluding hydrogens is 735 g/mol. The number of hydrogen-bond donors (Lipinski definition) is 4. The fourth-order valence-corrected chi connectivity index (χ4v) is 8.37. The summed E-state index contributed by atoms with van der Waals surface area (Å²) >= 11 is 0. The average molecular weight is 790 g/mol. The molecule has 12 nitrogen and oxygen atoms in total. The van der Waals surface area contributed by atoms with Crippen molar-refractivity contribution >= 4 is 29.3 Å². The number of carbonyl (C=O) groups excluding carboxylic acids is 3. The summed E-state index contributed by atoms with van der Waals surface area (Å²) in [5, 5.41) is 19.0. The van der Waals surface area contributed by atoms with E-state index in [9.17, 15) is 19.5 Å². The molecule has 2 atom stereocenters. The summed E-state index contributed by atoms with van der Waals surface area (Å²) in [5.74, 6) is 1.36. The fourth-order valence-electron chi connectivity index (χ4n) is 8.37. The molecule has 1 saturated heterocycles. The van der Waals surface area contributed by atoms with Gasteiger partial charge in [0.25, 0.3) is 5.91 Å². The van der Waals surface area contributed by atoms with Crippen LogP contribution >= 0.6 is 0 Å². The smallest absolute Gasteiger partial charge is 0.411 e. The van der Waals surface area contributed by atoms with Gasteiger partial charge in [-0.3, -0.25) is 14.9 Å². The van der Waals surface area contributed by atoms with Crippen LogP contribution in [-0.2, 0) is 38.3 Å². The Morgan fingerprint density at radius 3 is 2.47 bits per heavy atom. The maximum atomic E-state index is 12.9. The van der Waals surface area contributed by atoms with Gasteiger partial charge in [-0.15, -0.1) is 0 Å². The number of benzene rings is 4. The van der Waals surface area contributed by atoms with Gasteiger partial charge in [-0.25, -0.2) is 4.79 Å². The van der Waals surface area contributed by atoms with Crippen molar-refractivity contribution in [3.63, 3.8) is 0 Å². The second-order valence-corrected chi connectivity index (χ2v) is 15.6. The van der Waals surface area contributed by atoms with E-state index < -0.39 is 0 Å². The summed E-state index contributed by atoms with van der Waals surface area (Å²) in [5.41, 5.74) is 6.55. The lowest BCUT2D eigenvalue weighted by Gasteiger charge is -2.22. The normalized spacial score (nSPS) is 18.5. The van der Waals surface area contributed by atoms with Crippen molar-refractivity contribution in [3.8, 4) is 22.6 Å². The van der Waals surface area contributed by atoms with Gasteiger partial charge in [0.15, 0.2) is 12.4 Å². The summed E-state index contributed by atoms with van der Waals surface area (Å²) < 4.78 is 17.3. The Labute approximate surface area is 340 Å². The second-order valence-electron chi connectivity index (χ2n) is 15.6. The number of nitrogens with zero attached hydrogens (tertiary/aromatic N) is 2. The Balaban J connectivity index is 0.736.